The van der Waals surface area contributed by atoms with E-state index in [1.807, 2.05) is 6.92 Å². The van der Waals surface area contributed by atoms with Crippen molar-refractivity contribution < 1.29 is 19.8 Å². The Hall–Kier alpha value is -1.26. The molecule has 0 aromatic heterocycles. The monoisotopic (exact) mass is 201 g/mol. The van der Waals surface area contributed by atoms with Gasteiger partial charge in [0.05, 0.1) is 5.92 Å². The molecule has 1 aliphatic rings. The van der Waals surface area contributed by atoms with Crippen molar-refractivity contribution in [3.8, 4) is 0 Å². The molecule has 5 nitrogen and oxygen atoms in total. The summed E-state index contributed by atoms with van der Waals surface area (Å²) >= 11 is 0. The van der Waals surface area contributed by atoms with Crippen molar-refractivity contribution in [1.29, 1.82) is 0 Å². The molecule has 1 fully saturated rings. The maximum Gasteiger partial charge on any atom is 0.407 e. The molecule has 0 unspecified atom stereocenters. The molecule has 2 atom stereocenters. The van der Waals surface area contributed by atoms with Crippen molar-refractivity contribution in [2.24, 2.45) is 5.92 Å². The molecule has 0 radical (unpaired) electrons. The lowest BCUT2D eigenvalue weighted by molar-refractivity contribution is -0.143. The van der Waals surface area contributed by atoms with E-state index < -0.39 is 18.0 Å². The maximum atomic E-state index is 10.8. The van der Waals surface area contributed by atoms with Gasteiger partial charge in [-0.25, -0.2) is 4.79 Å². The van der Waals surface area contributed by atoms with Crippen molar-refractivity contribution in [3.63, 3.8) is 0 Å². The van der Waals surface area contributed by atoms with Crippen molar-refractivity contribution in [1.82, 2.24) is 4.90 Å². The summed E-state index contributed by atoms with van der Waals surface area (Å²) in [4.78, 5) is 22.8. The summed E-state index contributed by atoms with van der Waals surface area (Å²) in [5.41, 5.74) is 0. The van der Waals surface area contributed by atoms with Gasteiger partial charge in [-0.2, -0.15) is 0 Å². The molecule has 1 aliphatic heterocycles. The second-order valence-corrected chi connectivity index (χ2v) is 3.61. The number of carbonyl (C=O) groups is 2. The first-order valence-corrected chi connectivity index (χ1v) is 4.78. The van der Waals surface area contributed by atoms with E-state index in [1.165, 1.54) is 4.90 Å². The van der Waals surface area contributed by atoms with Gasteiger partial charge in [-0.15, -0.1) is 0 Å². The van der Waals surface area contributed by atoms with E-state index >= 15 is 0 Å². The average Bonchev–Trinajstić information content (AvgIpc) is 2.16. The zero-order valence-electron chi connectivity index (χ0n) is 8.14. The maximum absolute atomic E-state index is 10.8. The fourth-order valence-corrected chi connectivity index (χ4v) is 1.89. The Morgan fingerprint density at radius 2 is 2.00 bits per heavy atom. The minimum atomic E-state index is -1.01. The third kappa shape index (κ3) is 2.16. The van der Waals surface area contributed by atoms with Crippen LogP contribution in [0.2, 0.25) is 0 Å². The number of piperidine rings is 1. The summed E-state index contributed by atoms with van der Waals surface area (Å²) < 4.78 is 0. The second-order valence-electron chi connectivity index (χ2n) is 3.61. The van der Waals surface area contributed by atoms with Gasteiger partial charge in [0, 0.05) is 12.6 Å². The Morgan fingerprint density at radius 3 is 2.43 bits per heavy atom. The van der Waals surface area contributed by atoms with Gasteiger partial charge in [0.2, 0.25) is 0 Å². The SMILES string of the molecule is CC[C@H]1CC[C@H](C(=O)O)CN1C(=O)O. The molecule has 1 amide bonds. The zero-order chi connectivity index (χ0) is 10.7. The molecule has 2 N–H and O–H groups in total. The number of hydrogen-bond donors (Lipinski definition) is 2. The van der Waals surface area contributed by atoms with Crippen molar-refractivity contribution in [3.05, 3.63) is 0 Å². The Bertz CT molecular complexity index is 241. The summed E-state index contributed by atoms with van der Waals surface area (Å²) in [5.74, 6) is -1.43. The summed E-state index contributed by atoms with van der Waals surface area (Å²) in [7, 11) is 0. The number of amides is 1. The minimum Gasteiger partial charge on any atom is -0.481 e. The molecule has 0 saturated carbocycles. The van der Waals surface area contributed by atoms with Crippen LogP contribution in [0.3, 0.4) is 0 Å². The number of likely N-dealkylation sites (tertiary alicyclic amines) is 1. The third-order valence-corrected chi connectivity index (χ3v) is 2.77. The lowest BCUT2D eigenvalue weighted by atomic mass is 9.92. The van der Waals surface area contributed by atoms with Gasteiger partial charge in [0.25, 0.3) is 0 Å². The summed E-state index contributed by atoms with van der Waals surface area (Å²) in [6.07, 6.45) is 0.971. The number of carboxylic acids is 1. The Kier molecular flexibility index (Phi) is 3.33. The molecule has 14 heavy (non-hydrogen) atoms. The molecular weight excluding hydrogens is 186 g/mol. The number of rotatable bonds is 2. The van der Waals surface area contributed by atoms with Gasteiger partial charge in [0.1, 0.15) is 0 Å². The summed E-state index contributed by atoms with van der Waals surface area (Å²) in [6, 6.07) is -0.0110. The highest BCUT2D eigenvalue weighted by atomic mass is 16.4. The topological polar surface area (TPSA) is 77.8 Å². The largest absolute Gasteiger partial charge is 0.481 e. The first-order valence-electron chi connectivity index (χ1n) is 4.78. The van der Waals surface area contributed by atoms with Gasteiger partial charge in [-0.1, -0.05) is 6.92 Å². The van der Waals surface area contributed by atoms with E-state index in [2.05, 4.69) is 0 Å². The van der Waals surface area contributed by atoms with E-state index in [0.29, 0.717) is 12.8 Å². The van der Waals surface area contributed by atoms with Crippen LogP contribution in [-0.2, 0) is 4.79 Å². The normalized spacial score (nSPS) is 27.4. The van der Waals surface area contributed by atoms with E-state index in [1.54, 1.807) is 0 Å². The first-order chi connectivity index (χ1) is 6.56. The van der Waals surface area contributed by atoms with E-state index in [4.69, 9.17) is 10.2 Å². The zero-order valence-corrected chi connectivity index (χ0v) is 8.14. The van der Waals surface area contributed by atoms with Crippen LogP contribution >= 0.6 is 0 Å². The Labute approximate surface area is 82.3 Å². The fraction of sp³-hybridized carbons (Fsp3) is 0.778. The predicted molar refractivity (Wildman–Crippen MR) is 49.2 cm³/mol. The highest BCUT2D eigenvalue weighted by molar-refractivity contribution is 5.72. The number of hydrogen-bond acceptors (Lipinski definition) is 2. The van der Waals surface area contributed by atoms with E-state index in [0.717, 1.165) is 6.42 Å². The van der Waals surface area contributed by atoms with Gasteiger partial charge in [0.15, 0.2) is 0 Å². The van der Waals surface area contributed by atoms with Gasteiger partial charge in [-0.3, -0.25) is 4.79 Å². The quantitative estimate of drug-likeness (QED) is 0.704. The van der Waals surface area contributed by atoms with Gasteiger partial charge in [-0.05, 0) is 19.3 Å². The van der Waals surface area contributed by atoms with Crippen LogP contribution < -0.4 is 0 Å². The first kappa shape index (κ1) is 10.8. The summed E-state index contributed by atoms with van der Waals surface area (Å²) in [5, 5.41) is 17.6. The molecule has 0 spiro atoms. The summed E-state index contributed by atoms with van der Waals surface area (Å²) in [6.45, 7) is 2.05. The lowest BCUT2D eigenvalue weighted by Crippen LogP contribution is -2.47. The van der Waals surface area contributed by atoms with Crippen LogP contribution in [0.25, 0.3) is 0 Å². The second kappa shape index (κ2) is 4.30. The van der Waals surface area contributed by atoms with E-state index in [9.17, 15) is 9.59 Å². The van der Waals surface area contributed by atoms with Crippen LogP contribution in [0.5, 0.6) is 0 Å². The molecule has 80 valence electrons. The van der Waals surface area contributed by atoms with Crippen molar-refractivity contribution >= 4 is 12.1 Å². The third-order valence-electron chi connectivity index (χ3n) is 2.77. The van der Waals surface area contributed by atoms with Crippen LogP contribution in [0.1, 0.15) is 26.2 Å². The Morgan fingerprint density at radius 1 is 1.36 bits per heavy atom. The molecule has 0 aliphatic carbocycles. The fourth-order valence-electron chi connectivity index (χ4n) is 1.89. The van der Waals surface area contributed by atoms with Crippen LogP contribution in [-0.4, -0.2) is 39.8 Å². The molecule has 1 heterocycles. The van der Waals surface area contributed by atoms with Gasteiger partial charge >= 0.3 is 12.1 Å². The number of aliphatic carboxylic acids is 1. The highest BCUT2D eigenvalue weighted by Crippen LogP contribution is 2.24. The minimum absolute atomic E-state index is 0.0110. The molecule has 1 rings (SSSR count). The average molecular weight is 201 g/mol. The van der Waals surface area contributed by atoms with Crippen LogP contribution in [0.4, 0.5) is 4.79 Å². The van der Waals surface area contributed by atoms with Crippen LogP contribution in [0.15, 0.2) is 0 Å². The molecule has 0 aromatic rings. The Balaban J connectivity index is 2.66. The van der Waals surface area contributed by atoms with E-state index in [-0.39, 0.29) is 12.6 Å². The number of nitrogens with zero attached hydrogens (tertiary/aromatic N) is 1. The smallest absolute Gasteiger partial charge is 0.407 e. The molecule has 1 saturated heterocycles. The lowest BCUT2D eigenvalue weighted by Gasteiger charge is -2.35. The predicted octanol–water partition coefficient (Wildman–Crippen LogP) is 1.24. The number of carboxylic acid groups (broad SMARTS) is 2. The standard InChI is InChI=1S/C9H15NO4/c1-2-7-4-3-6(8(11)12)5-10(7)9(13)14/h6-7H,2-5H2,1H3,(H,11,12)(H,13,14)/t6-,7-/m0/s1. The highest BCUT2D eigenvalue weighted by Gasteiger charge is 2.33. The van der Waals surface area contributed by atoms with Crippen molar-refractivity contribution in [2.45, 2.75) is 32.2 Å². The van der Waals surface area contributed by atoms with Crippen LogP contribution in [0, 0.1) is 5.92 Å². The molecule has 0 aromatic carbocycles. The van der Waals surface area contributed by atoms with Gasteiger partial charge < -0.3 is 15.1 Å². The molecular formula is C9H15NO4. The van der Waals surface area contributed by atoms with Crippen molar-refractivity contribution in [2.75, 3.05) is 6.54 Å². The molecule has 5 heteroatoms. The molecule has 0 bridgehead atoms.